The van der Waals surface area contributed by atoms with Gasteiger partial charge in [0.15, 0.2) is 0 Å². The normalized spacial score (nSPS) is 25.5. The molecule has 1 fully saturated rings. The van der Waals surface area contributed by atoms with Crippen LogP contribution in [0.1, 0.15) is 18.0 Å². The maximum atomic E-state index is 11.2. The molecule has 1 aromatic carbocycles. The summed E-state index contributed by atoms with van der Waals surface area (Å²) in [7, 11) is 1.59. The van der Waals surface area contributed by atoms with Gasteiger partial charge >= 0.3 is 0 Å². The van der Waals surface area contributed by atoms with Crippen molar-refractivity contribution in [3.8, 4) is 5.75 Å². The molecule has 0 radical (unpaired) electrons. The number of ether oxygens (including phenoxy) is 1. The Balaban J connectivity index is 2.21. The van der Waals surface area contributed by atoms with Crippen LogP contribution in [-0.2, 0) is 11.4 Å². The summed E-state index contributed by atoms with van der Waals surface area (Å²) >= 11 is -0.889. The molecule has 3 N–H and O–H groups in total. The SMILES string of the molecule is COc1cc(C2CC[S+]([O-])N2)ccc1N. The molecule has 0 aromatic heterocycles. The topological polar surface area (TPSA) is 70.3 Å². The first kappa shape index (κ1) is 10.6. The maximum absolute atomic E-state index is 11.2. The van der Waals surface area contributed by atoms with E-state index in [0.29, 0.717) is 17.2 Å². The molecule has 1 heterocycles. The van der Waals surface area contributed by atoms with Crippen LogP contribution >= 0.6 is 0 Å². The molecule has 1 aliphatic heterocycles. The molecule has 1 aromatic rings. The van der Waals surface area contributed by atoms with Gasteiger partial charge in [0.1, 0.15) is 11.5 Å². The second-order valence-electron chi connectivity index (χ2n) is 3.51. The van der Waals surface area contributed by atoms with E-state index in [9.17, 15) is 4.55 Å². The minimum Gasteiger partial charge on any atom is -0.598 e. The van der Waals surface area contributed by atoms with E-state index < -0.39 is 11.4 Å². The van der Waals surface area contributed by atoms with E-state index in [-0.39, 0.29) is 6.04 Å². The van der Waals surface area contributed by atoms with Crippen molar-refractivity contribution >= 4 is 17.0 Å². The standard InChI is InChI=1S/C10H14N2O2S/c1-14-10-6-7(2-3-8(10)11)9-4-5-15(13)12-9/h2-3,6,9,12H,4-5,11H2,1H3. The zero-order valence-electron chi connectivity index (χ0n) is 8.53. The molecule has 4 nitrogen and oxygen atoms in total. The van der Waals surface area contributed by atoms with Crippen molar-refractivity contribution in [1.82, 2.24) is 4.72 Å². The highest BCUT2D eigenvalue weighted by Crippen LogP contribution is 2.29. The lowest BCUT2D eigenvalue weighted by Gasteiger charge is -2.11. The molecule has 0 spiro atoms. The van der Waals surface area contributed by atoms with Gasteiger partial charge in [-0.15, -0.1) is 4.72 Å². The van der Waals surface area contributed by atoms with Gasteiger partial charge in [-0.1, -0.05) is 6.07 Å². The summed E-state index contributed by atoms with van der Waals surface area (Å²) in [4.78, 5) is 0. The predicted octanol–water partition coefficient (Wildman–Crippen LogP) is 0.975. The lowest BCUT2D eigenvalue weighted by atomic mass is 10.0. The molecule has 0 saturated carbocycles. The van der Waals surface area contributed by atoms with E-state index in [1.807, 2.05) is 18.2 Å². The van der Waals surface area contributed by atoms with Crippen LogP contribution in [0.15, 0.2) is 18.2 Å². The molecule has 82 valence electrons. The highest BCUT2D eigenvalue weighted by Gasteiger charge is 2.27. The molecule has 2 rings (SSSR count). The van der Waals surface area contributed by atoms with Crippen LogP contribution in [0.4, 0.5) is 5.69 Å². The number of rotatable bonds is 2. The minimum atomic E-state index is -0.889. The minimum absolute atomic E-state index is 0.153. The molecule has 15 heavy (non-hydrogen) atoms. The summed E-state index contributed by atoms with van der Waals surface area (Å²) in [6.07, 6.45) is 0.889. The van der Waals surface area contributed by atoms with Gasteiger partial charge in [0.25, 0.3) is 0 Å². The number of methoxy groups -OCH3 is 1. The van der Waals surface area contributed by atoms with Crippen LogP contribution in [0, 0.1) is 0 Å². The number of nitrogens with one attached hydrogen (secondary N) is 1. The number of nitrogen functional groups attached to an aromatic ring is 1. The largest absolute Gasteiger partial charge is 0.598 e. The van der Waals surface area contributed by atoms with Crippen LogP contribution in [0.2, 0.25) is 0 Å². The quantitative estimate of drug-likeness (QED) is 0.582. The summed E-state index contributed by atoms with van der Waals surface area (Å²) in [5.74, 6) is 1.38. The Morgan fingerprint density at radius 2 is 2.40 bits per heavy atom. The zero-order valence-corrected chi connectivity index (χ0v) is 9.34. The van der Waals surface area contributed by atoms with Gasteiger partial charge in [-0.05, 0) is 17.7 Å². The molecule has 0 bridgehead atoms. The van der Waals surface area contributed by atoms with E-state index in [2.05, 4.69) is 4.72 Å². The molecular formula is C10H14N2O2S. The second kappa shape index (κ2) is 4.30. The molecule has 2 unspecified atom stereocenters. The molecule has 1 aliphatic rings. The van der Waals surface area contributed by atoms with Crippen molar-refractivity contribution in [1.29, 1.82) is 0 Å². The molecule has 1 saturated heterocycles. The van der Waals surface area contributed by atoms with Crippen molar-refractivity contribution in [2.24, 2.45) is 0 Å². The molecule has 0 aliphatic carbocycles. The number of benzene rings is 1. The Morgan fingerprint density at radius 3 is 3.00 bits per heavy atom. The van der Waals surface area contributed by atoms with Crippen LogP contribution in [-0.4, -0.2) is 17.4 Å². The molecule has 5 heteroatoms. The summed E-state index contributed by atoms with van der Waals surface area (Å²) in [6, 6.07) is 5.81. The van der Waals surface area contributed by atoms with Crippen LogP contribution in [0.3, 0.4) is 0 Å². The van der Waals surface area contributed by atoms with Gasteiger partial charge in [-0.3, -0.25) is 0 Å². The van der Waals surface area contributed by atoms with E-state index in [1.165, 1.54) is 0 Å². The van der Waals surface area contributed by atoms with E-state index in [4.69, 9.17) is 10.5 Å². The van der Waals surface area contributed by atoms with Gasteiger partial charge in [-0.2, -0.15) is 0 Å². The molecular weight excluding hydrogens is 212 g/mol. The van der Waals surface area contributed by atoms with Crippen LogP contribution in [0.5, 0.6) is 5.75 Å². The second-order valence-corrected chi connectivity index (χ2v) is 4.85. The summed E-state index contributed by atoms with van der Waals surface area (Å²) in [5, 5.41) is 0. The monoisotopic (exact) mass is 226 g/mol. The summed E-state index contributed by atoms with van der Waals surface area (Å²) in [6.45, 7) is 0. The van der Waals surface area contributed by atoms with Gasteiger partial charge in [0, 0.05) is 17.8 Å². The average Bonchev–Trinajstić information content (AvgIpc) is 2.66. The highest BCUT2D eigenvalue weighted by atomic mass is 32.2. The number of hydrogen-bond donors (Lipinski definition) is 2. The van der Waals surface area contributed by atoms with E-state index in [0.717, 1.165) is 12.0 Å². The molecule has 2 atom stereocenters. The lowest BCUT2D eigenvalue weighted by molar-refractivity contribution is 0.416. The number of nitrogens with two attached hydrogens (primary N) is 1. The smallest absolute Gasteiger partial charge is 0.142 e. The average molecular weight is 226 g/mol. The fourth-order valence-corrected chi connectivity index (χ4v) is 2.82. The van der Waals surface area contributed by atoms with Gasteiger partial charge < -0.3 is 15.0 Å². The van der Waals surface area contributed by atoms with Crippen LogP contribution in [0.25, 0.3) is 0 Å². The first-order valence-electron chi connectivity index (χ1n) is 4.78. The Kier molecular flexibility index (Phi) is 3.04. The summed E-state index contributed by atoms with van der Waals surface area (Å²) < 4.78 is 19.4. The fourth-order valence-electron chi connectivity index (χ4n) is 1.68. The first-order valence-corrected chi connectivity index (χ1v) is 6.10. The first-order chi connectivity index (χ1) is 7.20. The Morgan fingerprint density at radius 1 is 1.60 bits per heavy atom. The molecule has 0 amide bonds. The Labute approximate surface area is 92.1 Å². The number of hydrogen-bond acceptors (Lipinski definition) is 4. The van der Waals surface area contributed by atoms with Gasteiger partial charge in [0.2, 0.25) is 0 Å². The van der Waals surface area contributed by atoms with Gasteiger partial charge in [-0.25, -0.2) is 0 Å². The third-order valence-corrected chi connectivity index (χ3v) is 3.68. The van der Waals surface area contributed by atoms with E-state index >= 15 is 0 Å². The Hall–Kier alpha value is -0.910. The lowest BCUT2D eigenvalue weighted by Crippen LogP contribution is -2.19. The zero-order chi connectivity index (χ0) is 10.8. The van der Waals surface area contributed by atoms with Crippen molar-refractivity contribution in [3.05, 3.63) is 23.8 Å². The van der Waals surface area contributed by atoms with Crippen molar-refractivity contribution in [2.75, 3.05) is 18.6 Å². The maximum Gasteiger partial charge on any atom is 0.142 e. The van der Waals surface area contributed by atoms with Gasteiger partial charge in [0.05, 0.1) is 18.8 Å². The van der Waals surface area contributed by atoms with Crippen molar-refractivity contribution in [2.45, 2.75) is 12.5 Å². The fraction of sp³-hybridized carbons (Fsp3) is 0.400. The van der Waals surface area contributed by atoms with Crippen molar-refractivity contribution in [3.63, 3.8) is 0 Å². The summed E-state index contributed by atoms with van der Waals surface area (Å²) in [5.41, 5.74) is 7.42. The third kappa shape index (κ3) is 2.19. The van der Waals surface area contributed by atoms with Crippen molar-refractivity contribution < 1.29 is 9.29 Å². The number of anilines is 1. The van der Waals surface area contributed by atoms with E-state index in [1.54, 1.807) is 7.11 Å². The highest BCUT2D eigenvalue weighted by molar-refractivity contribution is 7.89. The predicted molar refractivity (Wildman–Crippen MR) is 60.9 cm³/mol. The Bertz CT molecular complexity index is 359. The third-order valence-electron chi connectivity index (χ3n) is 2.53. The van der Waals surface area contributed by atoms with Crippen LogP contribution < -0.4 is 15.2 Å².